The van der Waals surface area contributed by atoms with Gasteiger partial charge in [0.2, 0.25) is 0 Å². The van der Waals surface area contributed by atoms with Crippen LogP contribution < -0.4 is 4.74 Å². The molecule has 2 aromatic rings. The molecule has 0 saturated heterocycles. The van der Waals surface area contributed by atoms with Crippen molar-refractivity contribution < 1.29 is 19.4 Å². The van der Waals surface area contributed by atoms with Crippen LogP contribution in [0.5, 0.6) is 11.5 Å². The maximum atomic E-state index is 12.2. The number of esters is 1. The third kappa shape index (κ3) is 4.36. The molecule has 1 N–H and O–H groups in total. The van der Waals surface area contributed by atoms with Crippen LogP contribution in [0.15, 0.2) is 55.1 Å². The van der Waals surface area contributed by atoms with Crippen molar-refractivity contribution in [1.29, 1.82) is 0 Å². The van der Waals surface area contributed by atoms with Crippen molar-refractivity contribution in [2.75, 3.05) is 0 Å². The number of hydrogen-bond acceptors (Lipinski definition) is 4. The van der Waals surface area contributed by atoms with E-state index in [4.69, 9.17) is 9.47 Å². The number of hydrogen-bond donors (Lipinski definition) is 1. The second-order valence-electron chi connectivity index (χ2n) is 6.04. The first-order valence-electron chi connectivity index (χ1n) is 7.25. The van der Waals surface area contributed by atoms with Gasteiger partial charge in [-0.2, -0.15) is 0 Å². The molecule has 0 aliphatic heterocycles. The Morgan fingerprint density at radius 1 is 1.00 bits per heavy atom. The van der Waals surface area contributed by atoms with Crippen molar-refractivity contribution in [2.45, 2.75) is 26.4 Å². The molecule has 0 aliphatic carbocycles. The molecule has 0 amide bonds. The number of phenolic OH excluding ortho intramolecular Hbond substituents is 1. The highest BCUT2D eigenvalue weighted by Crippen LogP contribution is 2.30. The molecule has 0 aromatic heterocycles. The number of aromatic hydroxyl groups is 1. The van der Waals surface area contributed by atoms with Crippen molar-refractivity contribution in [3.63, 3.8) is 0 Å². The van der Waals surface area contributed by atoms with E-state index in [-0.39, 0.29) is 11.3 Å². The molecule has 0 atom stereocenters. The van der Waals surface area contributed by atoms with Crippen molar-refractivity contribution in [3.05, 3.63) is 66.2 Å². The molecule has 2 rings (SSSR count). The molecule has 0 radical (unpaired) electrons. The summed E-state index contributed by atoms with van der Waals surface area (Å²) in [5.74, 6) is -0.0213. The Morgan fingerprint density at radius 2 is 1.57 bits per heavy atom. The lowest BCUT2D eigenvalue weighted by molar-refractivity contribution is 0.0728. The minimum absolute atomic E-state index is 0.102. The Labute approximate surface area is 136 Å². The van der Waals surface area contributed by atoms with E-state index in [0.29, 0.717) is 17.1 Å². The molecule has 0 heterocycles. The summed E-state index contributed by atoms with van der Waals surface area (Å²) in [6, 6.07) is 13.2. The minimum Gasteiger partial charge on any atom is -0.507 e. The van der Waals surface area contributed by atoms with Gasteiger partial charge in [0.15, 0.2) is 0 Å². The largest absolute Gasteiger partial charge is 0.507 e. The Morgan fingerprint density at radius 3 is 2.17 bits per heavy atom. The van der Waals surface area contributed by atoms with Crippen LogP contribution >= 0.6 is 0 Å². The van der Waals surface area contributed by atoms with E-state index in [9.17, 15) is 9.90 Å². The molecule has 0 aliphatic rings. The van der Waals surface area contributed by atoms with Gasteiger partial charge in [0, 0.05) is 0 Å². The van der Waals surface area contributed by atoms with E-state index in [2.05, 4.69) is 6.58 Å². The van der Waals surface area contributed by atoms with Crippen LogP contribution in [0.2, 0.25) is 0 Å². The van der Waals surface area contributed by atoms with Gasteiger partial charge in [-0.25, -0.2) is 4.79 Å². The van der Waals surface area contributed by atoms with E-state index in [1.165, 1.54) is 12.1 Å². The molecule has 0 fully saturated rings. The van der Waals surface area contributed by atoms with Crippen LogP contribution in [-0.4, -0.2) is 16.7 Å². The fraction of sp³-hybridized carbons (Fsp3) is 0.211. The molecule has 23 heavy (non-hydrogen) atoms. The van der Waals surface area contributed by atoms with Gasteiger partial charge in [-0.1, -0.05) is 30.8 Å². The van der Waals surface area contributed by atoms with Crippen LogP contribution in [0.1, 0.15) is 36.7 Å². The third-order valence-electron chi connectivity index (χ3n) is 2.94. The maximum absolute atomic E-state index is 12.2. The molecule has 120 valence electrons. The average Bonchev–Trinajstić information content (AvgIpc) is 2.46. The van der Waals surface area contributed by atoms with Crippen LogP contribution in [0.4, 0.5) is 0 Å². The Hall–Kier alpha value is -2.75. The first-order chi connectivity index (χ1) is 10.8. The monoisotopic (exact) mass is 312 g/mol. The van der Waals surface area contributed by atoms with E-state index in [1.54, 1.807) is 30.3 Å². The Kier molecular flexibility index (Phi) is 4.74. The van der Waals surface area contributed by atoms with E-state index < -0.39 is 11.6 Å². The zero-order valence-electron chi connectivity index (χ0n) is 13.5. The highest BCUT2D eigenvalue weighted by molar-refractivity contribution is 5.94. The first kappa shape index (κ1) is 16.6. The van der Waals surface area contributed by atoms with Gasteiger partial charge in [-0.3, -0.25) is 0 Å². The lowest BCUT2D eigenvalue weighted by Crippen LogP contribution is -2.18. The maximum Gasteiger partial charge on any atom is 0.347 e. The van der Waals surface area contributed by atoms with Crippen LogP contribution in [-0.2, 0) is 4.74 Å². The van der Waals surface area contributed by atoms with E-state index in [1.807, 2.05) is 26.8 Å². The number of rotatable bonds is 4. The van der Waals surface area contributed by atoms with Gasteiger partial charge >= 0.3 is 5.97 Å². The van der Waals surface area contributed by atoms with Crippen LogP contribution in [0.25, 0.3) is 5.76 Å². The number of carbonyl (C=O) groups is 1. The number of para-hydroxylation sites is 2. The first-order valence-corrected chi connectivity index (χ1v) is 7.25. The van der Waals surface area contributed by atoms with E-state index in [0.717, 1.165) is 0 Å². The number of carbonyl (C=O) groups excluding carboxylic acids is 1. The van der Waals surface area contributed by atoms with Gasteiger partial charge in [0.05, 0.1) is 5.56 Å². The smallest absolute Gasteiger partial charge is 0.347 e. The predicted molar refractivity (Wildman–Crippen MR) is 89.4 cm³/mol. The zero-order chi connectivity index (χ0) is 17.0. The lowest BCUT2D eigenvalue weighted by atomic mass is 10.1. The second kappa shape index (κ2) is 6.57. The third-order valence-corrected chi connectivity index (χ3v) is 2.94. The summed E-state index contributed by atoms with van der Waals surface area (Å²) < 4.78 is 11.1. The SMILES string of the molecule is C=C(OC(C)(C)C)c1ccccc1OC(=O)c1ccccc1O. The summed E-state index contributed by atoms with van der Waals surface area (Å²) in [5.41, 5.74) is 0.280. The molecule has 4 nitrogen and oxygen atoms in total. The minimum atomic E-state index is -0.640. The number of phenols is 1. The summed E-state index contributed by atoms with van der Waals surface area (Å²) >= 11 is 0. The Balaban J connectivity index is 2.26. The zero-order valence-corrected chi connectivity index (χ0v) is 13.5. The molecule has 0 unspecified atom stereocenters. The molecule has 2 aromatic carbocycles. The lowest BCUT2D eigenvalue weighted by Gasteiger charge is -2.23. The fourth-order valence-electron chi connectivity index (χ4n) is 2.01. The molecular weight excluding hydrogens is 292 g/mol. The summed E-state index contributed by atoms with van der Waals surface area (Å²) in [6.07, 6.45) is 0. The molecule has 4 heteroatoms. The standard InChI is InChI=1S/C19H20O4/c1-13(23-19(2,3)4)14-9-6-8-12-17(14)22-18(21)15-10-5-7-11-16(15)20/h5-12,20H,1H2,2-4H3. The van der Waals surface area contributed by atoms with Crippen molar-refractivity contribution in [1.82, 2.24) is 0 Å². The average molecular weight is 312 g/mol. The van der Waals surface area contributed by atoms with Gasteiger partial charge in [-0.05, 0) is 45.0 Å². The normalized spacial score (nSPS) is 10.9. The second-order valence-corrected chi connectivity index (χ2v) is 6.04. The fourth-order valence-corrected chi connectivity index (χ4v) is 2.01. The quantitative estimate of drug-likeness (QED) is 0.516. The summed E-state index contributed by atoms with van der Waals surface area (Å²) in [4.78, 5) is 12.2. The molecule has 0 spiro atoms. The van der Waals surface area contributed by atoms with Crippen molar-refractivity contribution in [3.8, 4) is 11.5 Å². The van der Waals surface area contributed by atoms with Gasteiger partial charge in [0.1, 0.15) is 28.4 Å². The number of benzene rings is 2. The highest BCUT2D eigenvalue weighted by Gasteiger charge is 2.19. The summed E-state index contributed by atoms with van der Waals surface area (Å²) in [5, 5.41) is 9.75. The summed E-state index contributed by atoms with van der Waals surface area (Å²) in [6.45, 7) is 9.64. The van der Waals surface area contributed by atoms with Gasteiger partial charge in [0.25, 0.3) is 0 Å². The number of ether oxygens (including phenoxy) is 2. The van der Waals surface area contributed by atoms with E-state index >= 15 is 0 Å². The topological polar surface area (TPSA) is 55.8 Å². The van der Waals surface area contributed by atoms with Crippen molar-refractivity contribution >= 4 is 11.7 Å². The van der Waals surface area contributed by atoms with Crippen molar-refractivity contribution in [2.24, 2.45) is 0 Å². The molecule has 0 saturated carbocycles. The van der Waals surface area contributed by atoms with Gasteiger partial charge < -0.3 is 14.6 Å². The predicted octanol–water partition coefficient (Wildman–Crippen LogP) is 4.40. The summed E-state index contributed by atoms with van der Waals surface area (Å²) in [7, 11) is 0. The molecular formula is C19H20O4. The van der Waals surface area contributed by atoms with Gasteiger partial charge in [-0.15, -0.1) is 0 Å². The highest BCUT2D eigenvalue weighted by atomic mass is 16.5. The molecule has 0 bridgehead atoms. The Bertz CT molecular complexity index is 726. The van der Waals surface area contributed by atoms with Crippen LogP contribution in [0.3, 0.4) is 0 Å². The van der Waals surface area contributed by atoms with Crippen LogP contribution in [0, 0.1) is 0 Å².